The minimum Gasteiger partial charge on any atom is -0.233 e. The van der Waals surface area contributed by atoms with Gasteiger partial charge in [0, 0.05) is 30.2 Å². The number of benzene rings is 1. The van der Waals surface area contributed by atoms with Gasteiger partial charge in [-0.3, -0.25) is 0 Å². The van der Waals surface area contributed by atoms with Crippen LogP contribution in [0.2, 0.25) is 0 Å². The molecule has 0 saturated heterocycles. The molecule has 130 valence electrons. The van der Waals surface area contributed by atoms with Crippen molar-refractivity contribution in [3.05, 3.63) is 65.2 Å². The summed E-state index contributed by atoms with van der Waals surface area (Å²) in [7, 11) is 2.13. The van der Waals surface area contributed by atoms with Crippen molar-refractivity contribution in [1.82, 2.24) is 4.57 Å². The molecule has 0 N–H and O–H groups in total. The molecule has 3 rings (SSSR count). The van der Waals surface area contributed by atoms with Crippen LogP contribution in [-0.2, 0) is 7.05 Å². The van der Waals surface area contributed by atoms with Crippen LogP contribution in [0.25, 0.3) is 17.1 Å². The minimum atomic E-state index is 0.422. The normalized spacial score (nSPS) is 11.4. The molecule has 0 aliphatic rings. The molecule has 25 heavy (non-hydrogen) atoms. The lowest BCUT2D eigenvalue weighted by Gasteiger charge is -2.14. The predicted molar refractivity (Wildman–Crippen MR) is 102 cm³/mol. The lowest BCUT2D eigenvalue weighted by atomic mass is 9.95. The zero-order valence-corrected chi connectivity index (χ0v) is 16.5. The highest BCUT2D eigenvalue weighted by atomic mass is 15.1. The van der Waals surface area contributed by atoms with Gasteiger partial charge in [0.15, 0.2) is 11.9 Å². The summed E-state index contributed by atoms with van der Waals surface area (Å²) in [6.07, 6.45) is 6.49. The summed E-state index contributed by atoms with van der Waals surface area (Å²) in [5.41, 5.74) is 7.82. The highest BCUT2D eigenvalue weighted by Crippen LogP contribution is 2.31. The molecule has 0 aliphatic heterocycles. The van der Waals surface area contributed by atoms with E-state index in [4.69, 9.17) is 0 Å². The lowest BCUT2D eigenvalue weighted by Crippen LogP contribution is -2.36. The second kappa shape index (κ2) is 6.47. The Morgan fingerprint density at radius 1 is 0.960 bits per heavy atom. The summed E-state index contributed by atoms with van der Waals surface area (Å²) in [5, 5.41) is 0. The number of rotatable bonds is 3. The van der Waals surface area contributed by atoms with Crippen LogP contribution in [-0.4, -0.2) is 4.57 Å². The first kappa shape index (κ1) is 17.4. The van der Waals surface area contributed by atoms with Crippen molar-refractivity contribution in [2.45, 2.75) is 47.6 Å². The second-order valence-corrected chi connectivity index (χ2v) is 7.30. The smallest absolute Gasteiger partial charge is 0.233 e. The molecule has 0 saturated carbocycles. The number of aryl methyl sites for hydroxylation is 4. The summed E-state index contributed by atoms with van der Waals surface area (Å²) >= 11 is 0. The van der Waals surface area contributed by atoms with Gasteiger partial charge in [0.25, 0.3) is 5.82 Å². The molecule has 0 amide bonds. The van der Waals surface area contributed by atoms with Gasteiger partial charge in [-0.2, -0.15) is 4.57 Å². The summed E-state index contributed by atoms with van der Waals surface area (Å²) in [5.74, 6) is 1.26. The Labute approximate surface area is 151 Å². The van der Waals surface area contributed by atoms with Crippen LogP contribution in [0.1, 0.15) is 42.3 Å². The van der Waals surface area contributed by atoms with Gasteiger partial charge in [0.05, 0.1) is 18.7 Å². The number of imidazole rings is 1. The van der Waals surface area contributed by atoms with Crippen molar-refractivity contribution in [1.29, 1.82) is 0 Å². The van der Waals surface area contributed by atoms with Crippen LogP contribution in [0, 0.1) is 27.7 Å². The molecule has 0 aliphatic carbocycles. The molecule has 0 atom stereocenters. The molecule has 1 aromatic carbocycles. The van der Waals surface area contributed by atoms with Crippen molar-refractivity contribution in [3.63, 3.8) is 0 Å². The van der Waals surface area contributed by atoms with E-state index in [1.165, 1.54) is 39.5 Å². The van der Waals surface area contributed by atoms with Crippen molar-refractivity contribution in [3.8, 4) is 17.1 Å². The molecule has 3 nitrogen and oxygen atoms in total. The maximum atomic E-state index is 2.36. The number of hydrogen-bond acceptors (Lipinski definition) is 0. The monoisotopic (exact) mass is 335 g/mol. The molecule has 3 aromatic rings. The Kier molecular flexibility index (Phi) is 4.51. The van der Waals surface area contributed by atoms with Gasteiger partial charge in [-0.1, -0.05) is 6.07 Å². The molecular formula is C22H29N3+2. The topological polar surface area (TPSA) is 12.7 Å². The molecular weight excluding hydrogens is 306 g/mol. The number of aromatic nitrogens is 3. The minimum absolute atomic E-state index is 0.422. The Morgan fingerprint density at radius 3 is 2.32 bits per heavy atom. The largest absolute Gasteiger partial charge is 0.289 e. The average molecular weight is 335 g/mol. The molecule has 0 unspecified atom stereocenters. The molecule has 2 heterocycles. The van der Waals surface area contributed by atoms with Crippen LogP contribution in [0.5, 0.6) is 0 Å². The first-order valence-corrected chi connectivity index (χ1v) is 8.98. The fourth-order valence-corrected chi connectivity index (χ4v) is 3.89. The predicted octanol–water partition coefficient (Wildman–Crippen LogP) is 4.07. The molecule has 0 spiro atoms. The molecule has 0 fully saturated rings. The molecule has 0 radical (unpaired) electrons. The molecule has 3 heteroatoms. The highest BCUT2D eigenvalue weighted by Gasteiger charge is 2.28. The van der Waals surface area contributed by atoms with Crippen LogP contribution < -0.4 is 9.13 Å². The van der Waals surface area contributed by atoms with Gasteiger partial charge >= 0.3 is 0 Å². The fourth-order valence-electron chi connectivity index (χ4n) is 3.89. The third kappa shape index (κ3) is 2.88. The van der Waals surface area contributed by atoms with Gasteiger partial charge in [-0.15, -0.1) is 0 Å². The highest BCUT2D eigenvalue weighted by molar-refractivity contribution is 5.68. The van der Waals surface area contributed by atoms with Gasteiger partial charge in [0.2, 0.25) is 5.69 Å². The lowest BCUT2D eigenvalue weighted by molar-refractivity contribution is -0.659. The Balaban J connectivity index is 2.36. The average Bonchev–Trinajstić information content (AvgIpc) is 2.91. The van der Waals surface area contributed by atoms with Gasteiger partial charge in [0.1, 0.15) is 12.4 Å². The Morgan fingerprint density at radius 2 is 1.68 bits per heavy atom. The Hall–Kier alpha value is -2.42. The van der Waals surface area contributed by atoms with Crippen molar-refractivity contribution in [2.24, 2.45) is 7.05 Å². The van der Waals surface area contributed by atoms with Crippen molar-refractivity contribution < 1.29 is 9.13 Å². The van der Waals surface area contributed by atoms with Crippen LogP contribution >= 0.6 is 0 Å². The zero-order chi connectivity index (χ0) is 18.3. The van der Waals surface area contributed by atoms with E-state index in [1.807, 2.05) is 0 Å². The molecule has 2 aromatic heterocycles. The van der Waals surface area contributed by atoms with Crippen molar-refractivity contribution in [2.75, 3.05) is 0 Å². The first-order chi connectivity index (χ1) is 11.8. The van der Waals surface area contributed by atoms with Crippen LogP contribution in [0.3, 0.4) is 0 Å². The van der Waals surface area contributed by atoms with E-state index < -0.39 is 0 Å². The van der Waals surface area contributed by atoms with Crippen LogP contribution in [0.4, 0.5) is 0 Å². The van der Waals surface area contributed by atoms with Gasteiger partial charge < -0.3 is 0 Å². The Bertz CT molecular complexity index is 933. The standard InChI is InChI=1S/C22H29N3/c1-15(2)24-13-12-23(7)22(24)20-16(3)14-17(4)21(19(20)6)25-11-9-8-10-18(25)5/h8-15H,1-7H3/q+2. The van der Waals surface area contributed by atoms with Gasteiger partial charge in [-0.05, 0) is 46.2 Å². The quantitative estimate of drug-likeness (QED) is 0.640. The van der Waals surface area contributed by atoms with E-state index in [-0.39, 0.29) is 0 Å². The number of nitrogens with zero attached hydrogens (tertiary/aromatic N) is 3. The summed E-state index contributed by atoms with van der Waals surface area (Å²) in [6.45, 7) is 13.3. The van der Waals surface area contributed by atoms with E-state index >= 15 is 0 Å². The third-order valence-corrected chi connectivity index (χ3v) is 5.05. The SMILES string of the molecule is Cc1cc(C)c(-[n+]2ccccc2C)c(C)c1-c1n(C(C)C)cc[n+]1C. The summed E-state index contributed by atoms with van der Waals surface area (Å²) < 4.78 is 6.89. The second-order valence-electron chi connectivity index (χ2n) is 7.30. The molecule has 0 bridgehead atoms. The third-order valence-electron chi connectivity index (χ3n) is 5.05. The summed E-state index contributed by atoms with van der Waals surface area (Å²) in [4.78, 5) is 0. The van der Waals surface area contributed by atoms with Gasteiger partial charge in [-0.25, -0.2) is 9.13 Å². The first-order valence-electron chi connectivity index (χ1n) is 8.98. The zero-order valence-electron chi connectivity index (χ0n) is 16.5. The van der Waals surface area contributed by atoms with E-state index in [1.54, 1.807) is 0 Å². The fraction of sp³-hybridized carbons (Fsp3) is 0.364. The maximum absolute atomic E-state index is 2.36. The number of pyridine rings is 1. The van der Waals surface area contributed by atoms with Crippen LogP contribution in [0.15, 0.2) is 42.9 Å². The van der Waals surface area contributed by atoms with E-state index in [9.17, 15) is 0 Å². The van der Waals surface area contributed by atoms with E-state index in [2.05, 4.69) is 105 Å². The number of hydrogen-bond donors (Lipinski definition) is 0. The van der Waals surface area contributed by atoms with E-state index in [0.29, 0.717) is 6.04 Å². The summed E-state index contributed by atoms with van der Waals surface area (Å²) in [6, 6.07) is 9.09. The maximum Gasteiger partial charge on any atom is 0.289 e. The van der Waals surface area contributed by atoms with Crippen molar-refractivity contribution >= 4 is 0 Å². The van der Waals surface area contributed by atoms with E-state index in [0.717, 1.165) is 0 Å².